The lowest BCUT2D eigenvalue weighted by molar-refractivity contribution is -0.183. The standard InChI is InChI=1S/C28H24BrNO9/c29-12-6-4-11(5-7-12)8-13(31)9-15-16-10-18(33)21(27(30)38)25(36)28(16,39)26(37)22-20(15)23(34)14-2-1-3-17(32)19(14)24(22)35/h1-7,15-16,21,26,32,34-35,37,39H,8-10H2,(H2,30,38)/t15-,16-,21?,26?,28-/m1/s1. The first-order chi connectivity index (χ1) is 18.4. The van der Waals surface area contributed by atoms with Crippen LogP contribution in [0.15, 0.2) is 46.9 Å². The minimum atomic E-state index is -2.80. The molecule has 1 saturated carbocycles. The maximum absolute atomic E-state index is 13.4. The van der Waals surface area contributed by atoms with Crippen LogP contribution in [0.5, 0.6) is 17.2 Å². The van der Waals surface area contributed by atoms with E-state index in [-0.39, 0.29) is 35.0 Å². The van der Waals surface area contributed by atoms with Gasteiger partial charge in [-0.05, 0) is 23.8 Å². The minimum absolute atomic E-state index is 0.00211. The van der Waals surface area contributed by atoms with Gasteiger partial charge < -0.3 is 31.3 Å². The Hall–Kier alpha value is -3.80. The van der Waals surface area contributed by atoms with Crippen LogP contribution in [0, 0.1) is 11.8 Å². The second kappa shape index (κ2) is 9.44. The second-order valence-corrected chi connectivity index (χ2v) is 11.0. The van der Waals surface area contributed by atoms with Crippen LogP contribution in [0.2, 0.25) is 0 Å². The highest BCUT2D eigenvalue weighted by molar-refractivity contribution is 9.10. The highest BCUT2D eigenvalue weighted by atomic mass is 79.9. The largest absolute Gasteiger partial charge is 0.507 e. The molecule has 7 N–H and O–H groups in total. The van der Waals surface area contributed by atoms with Crippen molar-refractivity contribution >= 4 is 50.0 Å². The average molecular weight is 598 g/mol. The summed E-state index contributed by atoms with van der Waals surface area (Å²) in [5.41, 5.74) is 2.53. The van der Waals surface area contributed by atoms with Gasteiger partial charge in [-0.3, -0.25) is 19.2 Å². The molecule has 3 aromatic rings. The predicted octanol–water partition coefficient (Wildman–Crippen LogP) is 2.04. The van der Waals surface area contributed by atoms with E-state index < -0.39 is 76.2 Å². The third kappa shape index (κ3) is 4.00. The molecule has 1 fully saturated rings. The van der Waals surface area contributed by atoms with E-state index in [1.54, 1.807) is 24.3 Å². The number of carbonyl (C=O) groups is 4. The van der Waals surface area contributed by atoms with Crippen molar-refractivity contribution in [2.45, 2.75) is 36.9 Å². The third-order valence-corrected chi connectivity index (χ3v) is 8.42. The highest BCUT2D eigenvalue weighted by Gasteiger charge is 2.65. The maximum atomic E-state index is 13.4. The Morgan fingerprint density at radius 3 is 2.31 bits per heavy atom. The van der Waals surface area contributed by atoms with E-state index in [9.17, 15) is 44.7 Å². The summed E-state index contributed by atoms with van der Waals surface area (Å²) in [5, 5.41) is 55.8. The molecule has 202 valence electrons. The number of phenols is 3. The van der Waals surface area contributed by atoms with E-state index in [0.717, 1.165) is 4.47 Å². The van der Waals surface area contributed by atoms with Gasteiger partial charge in [0.25, 0.3) is 0 Å². The molecule has 3 aromatic carbocycles. The van der Waals surface area contributed by atoms with Crippen LogP contribution in [0.1, 0.15) is 41.6 Å². The third-order valence-electron chi connectivity index (χ3n) is 7.89. The van der Waals surface area contributed by atoms with Crippen molar-refractivity contribution in [3.05, 3.63) is 63.6 Å². The summed E-state index contributed by atoms with van der Waals surface area (Å²) in [5.74, 6) is -10.3. The quantitative estimate of drug-likeness (QED) is 0.188. The number of benzene rings is 3. The number of nitrogens with two attached hydrogens (primary N) is 1. The molecule has 0 bridgehead atoms. The molecular formula is C28H24BrNO9. The summed E-state index contributed by atoms with van der Waals surface area (Å²) >= 11 is 3.32. The van der Waals surface area contributed by atoms with Crippen molar-refractivity contribution in [1.82, 2.24) is 0 Å². The molecule has 5 rings (SSSR count). The predicted molar refractivity (Wildman–Crippen MR) is 140 cm³/mol. The zero-order valence-electron chi connectivity index (χ0n) is 20.3. The first-order valence-corrected chi connectivity index (χ1v) is 12.9. The molecule has 2 aliphatic rings. The number of phenolic OH excluding ortho intramolecular Hbond substituents is 3. The number of hydrogen-bond acceptors (Lipinski definition) is 9. The normalized spacial score (nSPS) is 26.2. The summed E-state index contributed by atoms with van der Waals surface area (Å²) in [7, 11) is 0. The minimum Gasteiger partial charge on any atom is -0.507 e. The van der Waals surface area contributed by atoms with E-state index in [1.807, 2.05) is 0 Å². The summed E-state index contributed by atoms with van der Waals surface area (Å²) < 4.78 is 0.803. The van der Waals surface area contributed by atoms with Gasteiger partial charge in [0, 0.05) is 52.1 Å². The van der Waals surface area contributed by atoms with Crippen molar-refractivity contribution in [3.63, 3.8) is 0 Å². The zero-order valence-corrected chi connectivity index (χ0v) is 21.9. The van der Waals surface area contributed by atoms with Gasteiger partial charge in [0.05, 0.1) is 5.39 Å². The van der Waals surface area contributed by atoms with Gasteiger partial charge in [0.15, 0.2) is 23.1 Å². The van der Waals surface area contributed by atoms with Crippen LogP contribution in [0.25, 0.3) is 10.8 Å². The number of hydrogen-bond donors (Lipinski definition) is 6. The Morgan fingerprint density at radius 2 is 1.67 bits per heavy atom. The number of ketones is 3. The summed E-state index contributed by atoms with van der Waals surface area (Å²) in [4.78, 5) is 51.6. The monoisotopic (exact) mass is 597 g/mol. The van der Waals surface area contributed by atoms with Crippen LogP contribution in [-0.4, -0.2) is 54.4 Å². The van der Waals surface area contributed by atoms with Gasteiger partial charge in [-0.2, -0.15) is 0 Å². The Kier molecular flexibility index (Phi) is 6.48. The van der Waals surface area contributed by atoms with Crippen molar-refractivity contribution in [3.8, 4) is 17.2 Å². The number of aromatic hydroxyl groups is 3. The van der Waals surface area contributed by atoms with Gasteiger partial charge >= 0.3 is 0 Å². The molecule has 2 unspecified atom stereocenters. The molecule has 11 heteroatoms. The number of halogens is 1. The first kappa shape index (κ1) is 26.8. The lowest BCUT2D eigenvalue weighted by Crippen LogP contribution is -2.64. The van der Waals surface area contributed by atoms with Gasteiger partial charge in [0.1, 0.15) is 29.1 Å². The van der Waals surface area contributed by atoms with Crippen molar-refractivity contribution in [2.24, 2.45) is 17.6 Å². The lowest BCUT2D eigenvalue weighted by Gasteiger charge is -2.50. The molecule has 2 aliphatic carbocycles. The molecule has 5 atom stereocenters. The molecule has 1 amide bonds. The Labute approximate surface area is 229 Å². The van der Waals surface area contributed by atoms with Crippen molar-refractivity contribution in [1.29, 1.82) is 0 Å². The Bertz CT molecular complexity index is 1570. The fourth-order valence-electron chi connectivity index (χ4n) is 6.11. The molecule has 0 heterocycles. The van der Waals surface area contributed by atoms with Crippen LogP contribution in [0.4, 0.5) is 0 Å². The topological polar surface area (TPSA) is 195 Å². The fourth-order valence-corrected chi connectivity index (χ4v) is 6.38. The number of amides is 1. The van der Waals surface area contributed by atoms with Crippen molar-refractivity contribution < 1.29 is 44.7 Å². The molecule has 0 aromatic heterocycles. The molecule has 0 aliphatic heterocycles. The van der Waals surface area contributed by atoms with E-state index >= 15 is 0 Å². The number of aliphatic hydroxyl groups is 2. The van der Waals surface area contributed by atoms with E-state index in [2.05, 4.69) is 15.9 Å². The summed E-state index contributed by atoms with van der Waals surface area (Å²) in [6, 6.07) is 11.0. The lowest BCUT2D eigenvalue weighted by atomic mass is 9.55. The fraction of sp³-hybridized carbons (Fsp3) is 0.286. The smallest absolute Gasteiger partial charge is 0.235 e. The van der Waals surface area contributed by atoms with Crippen LogP contribution in [0.3, 0.4) is 0 Å². The number of carbonyl (C=O) groups excluding carboxylic acids is 4. The van der Waals surface area contributed by atoms with E-state index in [0.29, 0.717) is 5.56 Å². The van der Waals surface area contributed by atoms with Gasteiger partial charge in [0.2, 0.25) is 5.91 Å². The molecular weight excluding hydrogens is 574 g/mol. The van der Waals surface area contributed by atoms with E-state index in [1.165, 1.54) is 18.2 Å². The Balaban J connectivity index is 1.72. The van der Waals surface area contributed by atoms with Crippen LogP contribution >= 0.6 is 15.9 Å². The van der Waals surface area contributed by atoms with Crippen LogP contribution < -0.4 is 5.73 Å². The van der Waals surface area contributed by atoms with Crippen LogP contribution in [-0.2, 0) is 25.6 Å². The van der Waals surface area contributed by atoms with Gasteiger partial charge in [-0.15, -0.1) is 0 Å². The maximum Gasteiger partial charge on any atom is 0.235 e. The first-order valence-electron chi connectivity index (χ1n) is 12.1. The summed E-state index contributed by atoms with van der Waals surface area (Å²) in [6.45, 7) is 0. The molecule has 0 saturated heterocycles. The number of primary amides is 1. The average Bonchev–Trinajstić information content (AvgIpc) is 2.87. The zero-order chi connectivity index (χ0) is 28.4. The Morgan fingerprint density at radius 1 is 1.00 bits per heavy atom. The highest BCUT2D eigenvalue weighted by Crippen LogP contribution is 2.60. The molecule has 0 spiro atoms. The molecule has 0 radical (unpaired) electrons. The molecule has 10 nitrogen and oxygen atoms in total. The second-order valence-electron chi connectivity index (χ2n) is 10.1. The SMILES string of the molecule is NC(=O)C1C(=O)C[C@@H]2[C@@H](CC(=O)Cc3ccc(Br)cc3)c3c(c(O)c4c(O)cccc4c3O)C(O)[C@]2(O)C1=O. The van der Waals surface area contributed by atoms with Crippen molar-refractivity contribution in [2.75, 3.05) is 0 Å². The number of Topliss-reactive ketones (excluding diaryl/α,β-unsaturated/α-hetero) is 3. The number of rotatable bonds is 5. The number of fused-ring (bicyclic) bond motifs is 3. The van der Waals surface area contributed by atoms with Gasteiger partial charge in [-0.25, -0.2) is 0 Å². The van der Waals surface area contributed by atoms with E-state index in [4.69, 9.17) is 5.73 Å². The number of aliphatic hydroxyl groups excluding tert-OH is 1. The summed E-state index contributed by atoms with van der Waals surface area (Å²) in [6.07, 6.45) is -3.25. The molecule has 39 heavy (non-hydrogen) atoms. The van der Waals surface area contributed by atoms with Gasteiger partial charge in [-0.1, -0.05) is 40.2 Å².